The predicted octanol–water partition coefficient (Wildman–Crippen LogP) is 1.14. The lowest BCUT2D eigenvalue weighted by Crippen LogP contribution is -2.69. The number of hydrogen-bond acceptors (Lipinski definition) is 3. The standard InChI is InChI=1S/C16H21N3O2/c1-11-14(20)18-16(2,13-5-6-13)15(21)19(11)9-7-12-4-3-8-17-10-12/h3-4,8,10-11,13H,5-7,9H2,1-2H3,(H,18,20). The lowest BCUT2D eigenvalue weighted by molar-refractivity contribution is -0.154. The Hall–Kier alpha value is -1.91. The maximum absolute atomic E-state index is 12.8. The predicted molar refractivity (Wildman–Crippen MR) is 78.4 cm³/mol. The van der Waals surface area contributed by atoms with Crippen molar-refractivity contribution in [3.05, 3.63) is 30.1 Å². The van der Waals surface area contributed by atoms with Gasteiger partial charge in [0.1, 0.15) is 11.6 Å². The van der Waals surface area contributed by atoms with E-state index in [1.165, 1.54) is 0 Å². The van der Waals surface area contributed by atoms with Gasteiger partial charge < -0.3 is 10.2 Å². The van der Waals surface area contributed by atoms with E-state index >= 15 is 0 Å². The Labute approximate surface area is 124 Å². The van der Waals surface area contributed by atoms with Gasteiger partial charge >= 0.3 is 0 Å². The number of pyridine rings is 1. The monoisotopic (exact) mass is 287 g/mol. The van der Waals surface area contributed by atoms with Gasteiger partial charge in [-0.25, -0.2) is 0 Å². The van der Waals surface area contributed by atoms with Crippen LogP contribution in [-0.2, 0) is 16.0 Å². The minimum atomic E-state index is -0.710. The Bertz CT molecular complexity index is 556. The Kier molecular flexibility index (Phi) is 3.43. The van der Waals surface area contributed by atoms with E-state index < -0.39 is 11.6 Å². The highest BCUT2D eigenvalue weighted by molar-refractivity contribution is 5.99. The van der Waals surface area contributed by atoms with E-state index in [0.29, 0.717) is 12.5 Å². The largest absolute Gasteiger partial charge is 0.340 e. The maximum atomic E-state index is 12.8. The fourth-order valence-electron chi connectivity index (χ4n) is 3.06. The molecule has 1 aromatic rings. The molecular weight excluding hydrogens is 266 g/mol. The van der Waals surface area contributed by atoms with Gasteiger partial charge in [-0.2, -0.15) is 0 Å². The summed E-state index contributed by atoms with van der Waals surface area (Å²) in [7, 11) is 0. The molecule has 0 bridgehead atoms. The average Bonchev–Trinajstić information content (AvgIpc) is 3.31. The maximum Gasteiger partial charge on any atom is 0.249 e. The van der Waals surface area contributed by atoms with Crippen LogP contribution in [0.5, 0.6) is 0 Å². The van der Waals surface area contributed by atoms with Gasteiger partial charge in [0.05, 0.1) is 0 Å². The van der Waals surface area contributed by atoms with Crippen molar-refractivity contribution in [3.63, 3.8) is 0 Å². The fraction of sp³-hybridized carbons (Fsp3) is 0.562. The summed E-state index contributed by atoms with van der Waals surface area (Å²) >= 11 is 0. The molecule has 5 nitrogen and oxygen atoms in total. The highest BCUT2D eigenvalue weighted by Gasteiger charge is 2.54. The summed E-state index contributed by atoms with van der Waals surface area (Å²) in [5.74, 6) is 0.304. The molecule has 112 valence electrons. The Morgan fingerprint density at radius 3 is 2.81 bits per heavy atom. The molecule has 3 rings (SSSR count). The summed E-state index contributed by atoms with van der Waals surface area (Å²) in [5, 5.41) is 2.94. The lowest BCUT2D eigenvalue weighted by Gasteiger charge is -2.43. The molecule has 1 aliphatic heterocycles. The molecule has 0 spiro atoms. The van der Waals surface area contributed by atoms with Crippen LogP contribution in [0.4, 0.5) is 0 Å². The number of carbonyl (C=O) groups excluding carboxylic acids is 2. The normalized spacial score (nSPS) is 29.4. The molecule has 1 saturated carbocycles. The quantitative estimate of drug-likeness (QED) is 0.903. The minimum Gasteiger partial charge on any atom is -0.340 e. The number of carbonyl (C=O) groups is 2. The molecule has 2 atom stereocenters. The number of nitrogens with zero attached hydrogens (tertiary/aromatic N) is 2. The molecule has 1 aromatic heterocycles. The van der Waals surface area contributed by atoms with E-state index in [2.05, 4.69) is 10.3 Å². The summed E-state index contributed by atoms with van der Waals surface area (Å²) in [6, 6.07) is 3.48. The topological polar surface area (TPSA) is 62.3 Å². The van der Waals surface area contributed by atoms with E-state index in [-0.39, 0.29) is 11.8 Å². The van der Waals surface area contributed by atoms with Crippen LogP contribution < -0.4 is 5.32 Å². The molecule has 2 heterocycles. The van der Waals surface area contributed by atoms with Gasteiger partial charge in [-0.05, 0) is 50.7 Å². The van der Waals surface area contributed by atoms with E-state index in [9.17, 15) is 9.59 Å². The second kappa shape index (κ2) is 5.13. The second-order valence-corrected chi connectivity index (χ2v) is 6.25. The lowest BCUT2D eigenvalue weighted by atomic mass is 9.89. The zero-order valence-electron chi connectivity index (χ0n) is 12.5. The van der Waals surface area contributed by atoms with Crippen molar-refractivity contribution < 1.29 is 9.59 Å². The Morgan fingerprint density at radius 2 is 2.19 bits per heavy atom. The van der Waals surface area contributed by atoms with Crippen molar-refractivity contribution in [2.24, 2.45) is 5.92 Å². The smallest absolute Gasteiger partial charge is 0.249 e. The van der Waals surface area contributed by atoms with E-state index in [1.54, 1.807) is 24.2 Å². The van der Waals surface area contributed by atoms with Crippen LogP contribution in [0, 0.1) is 5.92 Å². The number of aromatic nitrogens is 1. The first kappa shape index (κ1) is 14.0. The Morgan fingerprint density at radius 1 is 1.43 bits per heavy atom. The third-order valence-electron chi connectivity index (χ3n) is 4.69. The third kappa shape index (κ3) is 2.52. The van der Waals surface area contributed by atoms with Crippen LogP contribution >= 0.6 is 0 Å². The third-order valence-corrected chi connectivity index (χ3v) is 4.69. The first-order valence-corrected chi connectivity index (χ1v) is 7.54. The Balaban J connectivity index is 1.75. The van der Waals surface area contributed by atoms with Crippen LogP contribution in [0.3, 0.4) is 0 Å². The molecule has 1 saturated heterocycles. The number of amides is 2. The highest BCUT2D eigenvalue weighted by atomic mass is 16.2. The van der Waals surface area contributed by atoms with Gasteiger partial charge in [0.25, 0.3) is 0 Å². The summed E-state index contributed by atoms with van der Waals surface area (Å²) < 4.78 is 0. The van der Waals surface area contributed by atoms with Crippen LogP contribution in [0.2, 0.25) is 0 Å². The van der Waals surface area contributed by atoms with Crippen molar-refractivity contribution >= 4 is 11.8 Å². The number of hydrogen-bond donors (Lipinski definition) is 1. The molecule has 1 aliphatic carbocycles. The first-order valence-electron chi connectivity index (χ1n) is 7.54. The van der Waals surface area contributed by atoms with Crippen LogP contribution in [0.25, 0.3) is 0 Å². The molecule has 1 N–H and O–H groups in total. The average molecular weight is 287 g/mol. The molecule has 21 heavy (non-hydrogen) atoms. The van der Waals surface area contributed by atoms with Crippen molar-refractivity contribution in [3.8, 4) is 0 Å². The summed E-state index contributed by atoms with van der Waals surface area (Å²) in [6.45, 7) is 4.22. The second-order valence-electron chi connectivity index (χ2n) is 6.25. The van der Waals surface area contributed by atoms with Gasteiger partial charge in [-0.1, -0.05) is 6.07 Å². The zero-order valence-corrected chi connectivity index (χ0v) is 12.5. The van der Waals surface area contributed by atoms with Gasteiger partial charge in [0, 0.05) is 18.9 Å². The molecule has 0 aromatic carbocycles. The summed E-state index contributed by atoms with van der Waals surface area (Å²) in [4.78, 5) is 30.8. The van der Waals surface area contributed by atoms with Crippen LogP contribution in [-0.4, -0.2) is 39.8 Å². The van der Waals surface area contributed by atoms with E-state index in [0.717, 1.165) is 24.8 Å². The fourth-order valence-corrected chi connectivity index (χ4v) is 3.06. The van der Waals surface area contributed by atoms with Gasteiger partial charge in [-0.3, -0.25) is 14.6 Å². The van der Waals surface area contributed by atoms with Crippen molar-refractivity contribution in [1.82, 2.24) is 15.2 Å². The van der Waals surface area contributed by atoms with E-state index in [1.807, 2.05) is 19.1 Å². The SMILES string of the molecule is CC1C(=O)NC(C)(C2CC2)C(=O)N1CCc1cccnc1. The van der Waals surface area contributed by atoms with Gasteiger partial charge in [0.2, 0.25) is 11.8 Å². The summed E-state index contributed by atoms with van der Waals surface area (Å²) in [6.07, 6.45) is 6.30. The molecule has 5 heteroatoms. The zero-order chi connectivity index (χ0) is 15.0. The van der Waals surface area contributed by atoms with Gasteiger partial charge in [-0.15, -0.1) is 0 Å². The van der Waals surface area contributed by atoms with Crippen molar-refractivity contribution in [2.75, 3.05) is 6.54 Å². The van der Waals surface area contributed by atoms with E-state index in [4.69, 9.17) is 0 Å². The van der Waals surface area contributed by atoms with Crippen LogP contribution in [0.15, 0.2) is 24.5 Å². The number of nitrogens with one attached hydrogen (secondary N) is 1. The number of rotatable bonds is 4. The molecule has 2 fully saturated rings. The molecule has 0 radical (unpaired) electrons. The van der Waals surface area contributed by atoms with Gasteiger partial charge in [0.15, 0.2) is 0 Å². The van der Waals surface area contributed by atoms with Crippen molar-refractivity contribution in [1.29, 1.82) is 0 Å². The summed E-state index contributed by atoms with van der Waals surface area (Å²) in [5.41, 5.74) is 0.370. The van der Waals surface area contributed by atoms with Crippen molar-refractivity contribution in [2.45, 2.75) is 44.7 Å². The molecule has 2 unspecified atom stereocenters. The molecule has 2 aliphatic rings. The number of piperazine rings is 1. The molecule has 2 amide bonds. The highest BCUT2D eigenvalue weighted by Crippen LogP contribution is 2.42. The molecular formula is C16H21N3O2. The first-order chi connectivity index (χ1) is 10.0. The van der Waals surface area contributed by atoms with Crippen LogP contribution in [0.1, 0.15) is 32.3 Å². The minimum absolute atomic E-state index is 0.0461.